The molecule has 2 heterocycles. The molecule has 124 valence electrons. The Labute approximate surface area is 136 Å². The van der Waals surface area contributed by atoms with Gasteiger partial charge in [0.2, 0.25) is 5.76 Å². The lowest BCUT2D eigenvalue weighted by atomic mass is 10.1. The molecule has 1 amide bonds. The van der Waals surface area contributed by atoms with Crippen LogP contribution in [0.5, 0.6) is 0 Å². The number of morpholine rings is 1. The van der Waals surface area contributed by atoms with Gasteiger partial charge in [-0.05, 0) is 25.3 Å². The molecule has 2 aliphatic rings. The summed E-state index contributed by atoms with van der Waals surface area (Å²) in [5, 5.41) is 0. The smallest absolute Gasteiger partial charge is 0.292 e. The van der Waals surface area contributed by atoms with E-state index in [0.717, 1.165) is 12.8 Å². The molecule has 5 heteroatoms. The van der Waals surface area contributed by atoms with Crippen LogP contribution >= 0.6 is 0 Å². The van der Waals surface area contributed by atoms with Crippen molar-refractivity contribution >= 4 is 5.91 Å². The van der Waals surface area contributed by atoms with Gasteiger partial charge in [-0.15, -0.1) is 0 Å². The van der Waals surface area contributed by atoms with Crippen LogP contribution in [-0.4, -0.2) is 49.8 Å². The molecule has 5 nitrogen and oxygen atoms in total. The van der Waals surface area contributed by atoms with E-state index < -0.39 is 0 Å². The highest BCUT2D eigenvalue weighted by Gasteiger charge is 2.29. The number of carbonyl (C=O) groups is 1. The molecular weight excluding hydrogens is 294 g/mol. The molecular formula is C18H23NO4. The Kier molecular flexibility index (Phi) is 5.18. The number of amides is 1. The predicted octanol–water partition coefficient (Wildman–Crippen LogP) is 2.12. The van der Waals surface area contributed by atoms with E-state index in [0.29, 0.717) is 44.4 Å². The third-order valence-electron chi connectivity index (χ3n) is 4.19. The SMILES string of the molecule is CC1=C(C(=O)N2CCOC(CCc3ccccc3)C2)OCCO1. The van der Waals surface area contributed by atoms with E-state index in [-0.39, 0.29) is 12.0 Å². The maximum Gasteiger partial charge on any atom is 0.292 e. The summed E-state index contributed by atoms with van der Waals surface area (Å²) in [5.41, 5.74) is 1.29. The maximum absolute atomic E-state index is 12.6. The minimum absolute atomic E-state index is 0.0679. The van der Waals surface area contributed by atoms with Gasteiger partial charge in [0.1, 0.15) is 19.0 Å². The lowest BCUT2D eigenvalue weighted by Crippen LogP contribution is -2.47. The van der Waals surface area contributed by atoms with Crippen molar-refractivity contribution in [3.63, 3.8) is 0 Å². The summed E-state index contributed by atoms with van der Waals surface area (Å²) in [6, 6.07) is 10.3. The van der Waals surface area contributed by atoms with E-state index in [2.05, 4.69) is 12.1 Å². The van der Waals surface area contributed by atoms with Crippen molar-refractivity contribution in [2.24, 2.45) is 0 Å². The molecule has 0 N–H and O–H groups in total. The Morgan fingerprint density at radius 2 is 1.96 bits per heavy atom. The molecule has 23 heavy (non-hydrogen) atoms. The number of nitrogens with zero attached hydrogens (tertiary/aromatic N) is 1. The molecule has 0 spiro atoms. The van der Waals surface area contributed by atoms with Gasteiger partial charge in [0, 0.05) is 13.1 Å². The predicted molar refractivity (Wildman–Crippen MR) is 85.7 cm³/mol. The summed E-state index contributed by atoms with van der Waals surface area (Å²) in [7, 11) is 0. The molecule has 1 saturated heterocycles. The van der Waals surface area contributed by atoms with Crippen LogP contribution < -0.4 is 0 Å². The van der Waals surface area contributed by atoms with E-state index in [1.54, 1.807) is 6.92 Å². The van der Waals surface area contributed by atoms with Crippen LogP contribution in [0.1, 0.15) is 18.9 Å². The molecule has 2 aliphatic heterocycles. The van der Waals surface area contributed by atoms with Gasteiger partial charge in [-0.25, -0.2) is 0 Å². The summed E-state index contributed by atoms with van der Waals surface area (Å²) in [6.07, 6.45) is 1.93. The fourth-order valence-electron chi connectivity index (χ4n) is 2.91. The zero-order chi connectivity index (χ0) is 16.1. The van der Waals surface area contributed by atoms with Crippen LogP contribution in [0.4, 0.5) is 0 Å². The van der Waals surface area contributed by atoms with Gasteiger partial charge in [-0.1, -0.05) is 30.3 Å². The molecule has 1 aromatic carbocycles. The first-order valence-corrected chi connectivity index (χ1v) is 8.15. The van der Waals surface area contributed by atoms with Crippen LogP contribution in [0.15, 0.2) is 41.9 Å². The minimum Gasteiger partial charge on any atom is -0.491 e. The molecule has 1 aromatic rings. The first-order chi connectivity index (χ1) is 11.2. The summed E-state index contributed by atoms with van der Waals surface area (Å²) < 4.78 is 16.7. The Bertz CT molecular complexity index is 570. The quantitative estimate of drug-likeness (QED) is 0.853. The van der Waals surface area contributed by atoms with Crippen molar-refractivity contribution in [2.75, 3.05) is 32.9 Å². The highest BCUT2D eigenvalue weighted by atomic mass is 16.6. The summed E-state index contributed by atoms with van der Waals surface area (Å²) in [5.74, 6) is 0.837. The van der Waals surface area contributed by atoms with Crippen LogP contribution in [0.25, 0.3) is 0 Å². The van der Waals surface area contributed by atoms with Gasteiger partial charge in [-0.2, -0.15) is 0 Å². The van der Waals surface area contributed by atoms with Crippen molar-refractivity contribution in [3.8, 4) is 0 Å². The fourth-order valence-corrected chi connectivity index (χ4v) is 2.91. The number of hydrogen-bond donors (Lipinski definition) is 0. The van der Waals surface area contributed by atoms with E-state index in [9.17, 15) is 4.79 Å². The van der Waals surface area contributed by atoms with Gasteiger partial charge < -0.3 is 19.1 Å². The number of aryl methyl sites for hydroxylation is 1. The Hall–Kier alpha value is -2.01. The van der Waals surface area contributed by atoms with Crippen LogP contribution in [0, 0.1) is 0 Å². The van der Waals surface area contributed by atoms with Crippen LogP contribution in [0.3, 0.4) is 0 Å². The average Bonchev–Trinajstić information content (AvgIpc) is 2.61. The number of benzene rings is 1. The Morgan fingerprint density at radius 3 is 2.74 bits per heavy atom. The van der Waals surface area contributed by atoms with E-state index in [4.69, 9.17) is 14.2 Å². The summed E-state index contributed by atoms with van der Waals surface area (Å²) in [4.78, 5) is 14.4. The van der Waals surface area contributed by atoms with Gasteiger partial charge >= 0.3 is 0 Å². The van der Waals surface area contributed by atoms with E-state index >= 15 is 0 Å². The number of allylic oxidation sites excluding steroid dienone is 1. The Morgan fingerprint density at radius 1 is 1.17 bits per heavy atom. The van der Waals surface area contributed by atoms with E-state index in [1.807, 2.05) is 23.1 Å². The van der Waals surface area contributed by atoms with Crippen molar-refractivity contribution in [2.45, 2.75) is 25.9 Å². The van der Waals surface area contributed by atoms with Crippen molar-refractivity contribution in [3.05, 3.63) is 47.4 Å². The first-order valence-electron chi connectivity index (χ1n) is 8.15. The number of rotatable bonds is 4. The fraction of sp³-hybridized carbons (Fsp3) is 0.500. The molecule has 3 rings (SSSR count). The first kappa shape index (κ1) is 15.9. The number of hydrogen-bond acceptors (Lipinski definition) is 4. The number of carbonyl (C=O) groups excluding carboxylic acids is 1. The average molecular weight is 317 g/mol. The molecule has 1 fully saturated rings. The molecule has 1 unspecified atom stereocenters. The van der Waals surface area contributed by atoms with Crippen LogP contribution in [-0.2, 0) is 25.4 Å². The van der Waals surface area contributed by atoms with Gasteiger partial charge in [0.15, 0.2) is 0 Å². The van der Waals surface area contributed by atoms with Gasteiger partial charge in [0.05, 0.1) is 12.7 Å². The maximum atomic E-state index is 12.6. The van der Waals surface area contributed by atoms with Gasteiger partial charge in [-0.3, -0.25) is 4.79 Å². The van der Waals surface area contributed by atoms with Crippen molar-refractivity contribution in [1.82, 2.24) is 4.90 Å². The normalized spacial score (nSPS) is 21.6. The summed E-state index contributed by atoms with van der Waals surface area (Å²) >= 11 is 0. The Balaban J connectivity index is 1.56. The lowest BCUT2D eigenvalue weighted by Gasteiger charge is -2.34. The van der Waals surface area contributed by atoms with E-state index in [1.165, 1.54) is 5.56 Å². The zero-order valence-electron chi connectivity index (χ0n) is 13.5. The molecule has 0 aliphatic carbocycles. The molecule has 1 atom stereocenters. The van der Waals surface area contributed by atoms with Crippen molar-refractivity contribution < 1.29 is 19.0 Å². The van der Waals surface area contributed by atoms with Crippen molar-refractivity contribution in [1.29, 1.82) is 0 Å². The highest BCUT2D eigenvalue weighted by molar-refractivity contribution is 5.92. The highest BCUT2D eigenvalue weighted by Crippen LogP contribution is 2.19. The molecule has 0 aromatic heterocycles. The second kappa shape index (κ2) is 7.51. The molecule has 0 radical (unpaired) electrons. The topological polar surface area (TPSA) is 48.0 Å². The largest absolute Gasteiger partial charge is 0.491 e. The monoisotopic (exact) mass is 317 g/mol. The second-order valence-electron chi connectivity index (χ2n) is 5.85. The zero-order valence-corrected chi connectivity index (χ0v) is 13.5. The summed E-state index contributed by atoms with van der Waals surface area (Å²) in [6.45, 7) is 4.48. The van der Waals surface area contributed by atoms with Gasteiger partial charge in [0.25, 0.3) is 5.91 Å². The lowest BCUT2D eigenvalue weighted by molar-refractivity contribution is -0.140. The third-order valence-corrected chi connectivity index (χ3v) is 4.19. The standard InChI is InChI=1S/C18H23NO4/c1-14-17(23-12-11-21-14)18(20)19-9-10-22-16(13-19)8-7-15-5-3-2-4-6-15/h2-6,16H,7-13H2,1H3. The van der Waals surface area contributed by atoms with Crippen LogP contribution in [0.2, 0.25) is 0 Å². The second-order valence-corrected chi connectivity index (χ2v) is 5.85. The molecule has 0 bridgehead atoms. The number of ether oxygens (including phenoxy) is 3. The third kappa shape index (κ3) is 4.05. The molecule has 0 saturated carbocycles. The minimum atomic E-state index is -0.0878.